The van der Waals surface area contributed by atoms with Crippen LogP contribution in [-0.4, -0.2) is 24.0 Å². The Bertz CT molecular complexity index is 512. The number of carboxylic acids is 1. The van der Waals surface area contributed by atoms with E-state index in [2.05, 4.69) is 0 Å². The molecule has 2 atom stereocenters. The number of aliphatic carboxylic acids is 1. The number of carboxylic acid groups (broad SMARTS) is 1. The zero-order chi connectivity index (χ0) is 14.0. The Morgan fingerprint density at radius 3 is 2.53 bits per heavy atom. The second kappa shape index (κ2) is 5.61. The van der Waals surface area contributed by atoms with Crippen molar-refractivity contribution >= 4 is 23.4 Å². The SMILES string of the molecule is COc1ccc(C(=O)C2CCC(C(=O)O)C2)cc1Cl. The summed E-state index contributed by atoms with van der Waals surface area (Å²) in [6.07, 6.45) is 1.60. The van der Waals surface area contributed by atoms with E-state index in [0.29, 0.717) is 35.6 Å². The lowest BCUT2D eigenvalue weighted by Gasteiger charge is -2.10. The normalized spacial score (nSPS) is 22.2. The van der Waals surface area contributed by atoms with Gasteiger partial charge in [0.1, 0.15) is 5.75 Å². The highest BCUT2D eigenvalue weighted by Crippen LogP contribution is 2.34. The maximum atomic E-state index is 12.3. The van der Waals surface area contributed by atoms with Gasteiger partial charge in [0, 0.05) is 11.5 Å². The summed E-state index contributed by atoms with van der Waals surface area (Å²) in [7, 11) is 1.51. The van der Waals surface area contributed by atoms with E-state index in [1.807, 2.05) is 0 Å². The molecule has 5 heteroatoms. The van der Waals surface area contributed by atoms with Gasteiger partial charge in [-0.2, -0.15) is 0 Å². The van der Waals surface area contributed by atoms with Crippen molar-refractivity contribution in [3.05, 3.63) is 28.8 Å². The van der Waals surface area contributed by atoms with E-state index >= 15 is 0 Å². The summed E-state index contributed by atoms with van der Waals surface area (Å²) in [6.45, 7) is 0. The van der Waals surface area contributed by atoms with Crippen LogP contribution in [0.5, 0.6) is 5.75 Å². The minimum atomic E-state index is -0.817. The fourth-order valence-electron chi connectivity index (χ4n) is 2.50. The van der Waals surface area contributed by atoms with E-state index in [4.69, 9.17) is 21.4 Å². The summed E-state index contributed by atoms with van der Waals surface area (Å²) in [5, 5.41) is 9.34. The summed E-state index contributed by atoms with van der Waals surface area (Å²) in [6, 6.07) is 4.90. The molecule has 4 nitrogen and oxygen atoms in total. The lowest BCUT2D eigenvalue weighted by Crippen LogP contribution is -2.14. The van der Waals surface area contributed by atoms with E-state index in [1.54, 1.807) is 18.2 Å². The van der Waals surface area contributed by atoms with Crippen molar-refractivity contribution in [2.24, 2.45) is 11.8 Å². The number of ketones is 1. The highest BCUT2D eigenvalue weighted by molar-refractivity contribution is 6.32. The van der Waals surface area contributed by atoms with Crippen molar-refractivity contribution in [1.29, 1.82) is 0 Å². The van der Waals surface area contributed by atoms with Crippen molar-refractivity contribution in [1.82, 2.24) is 0 Å². The Morgan fingerprint density at radius 2 is 2.00 bits per heavy atom. The summed E-state index contributed by atoms with van der Waals surface area (Å²) in [4.78, 5) is 23.2. The Kier molecular flexibility index (Phi) is 4.10. The fourth-order valence-corrected chi connectivity index (χ4v) is 2.76. The van der Waals surface area contributed by atoms with Crippen LogP contribution in [0, 0.1) is 11.8 Å². The molecule has 1 aromatic rings. The Balaban J connectivity index is 2.12. The zero-order valence-electron chi connectivity index (χ0n) is 10.6. The molecule has 0 radical (unpaired) electrons. The number of methoxy groups -OCH3 is 1. The Labute approximate surface area is 116 Å². The molecular weight excluding hydrogens is 268 g/mol. The lowest BCUT2D eigenvalue weighted by atomic mass is 9.95. The van der Waals surface area contributed by atoms with Crippen molar-refractivity contribution < 1.29 is 19.4 Å². The third kappa shape index (κ3) is 2.89. The van der Waals surface area contributed by atoms with Gasteiger partial charge in [-0.15, -0.1) is 0 Å². The van der Waals surface area contributed by atoms with E-state index in [9.17, 15) is 9.59 Å². The van der Waals surface area contributed by atoms with Crippen LogP contribution in [0.15, 0.2) is 18.2 Å². The fraction of sp³-hybridized carbons (Fsp3) is 0.429. The molecule has 1 aliphatic rings. The van der Waals surface area contributed by atoms with Crippen LogP contribution in [0.2, 0.25) is 5.02 Å². The molecule has 1 N–H and O–H groups in total. The second-order valence-electron chi connectivity index (χ2n) is 4.76. The number of ether oxygens (including phenoxy) is 1. The Morgan fingerprint density at radius 1 is 1.32 bits per heavy atom. The molecule has 0 spiro atoms. The van der Waals surface area contributed by atoms with Crippen molar-refractivity contribution in [3.63, 3.8) is 0 Å². The van der Waals surface area contributed by atoms with E-state index in [1.165, 1.54) is 7.11 Å². The predicted octanol–water partition coefficient (Wildman–Crippen LogP) is 3.03. The zero-order valence-corrected chi connectivity index (χ0v) is 11.3. The second-order valence-corrected chi connectivity index (χ2v) is 5.17. The molecule has 2 unspecified atom stereocenters. The van der Waals surface area contributed by atoms with Crippen LogP contribution in [0.25, 0.3) is 0 Å². The number of carbonyl (C=O) groups is 2. The van der Waals surface area contributed by atoms with Gasteiger partial charge in [-0.3, -0.25) is 9.59 Å². The van der Waals surface area contributed by atoms with Crippen LogP contribution in [0.3, 0.4) is 0 Å². The van der Waals surface area contributed by atoms with Gasteiger partial charge in [0.25, 0.3) is 0 Å². The summed E-state index contributed by atoms with van der Waals surface area (Å²) in [5.41, 5.74) is 0.516. The standard InChI is InChI=1S/C14H15ClO4/c1-19-12-5-4-9(7-11(12)15)13(16)8-2-3-10(6-8)14(17)18/h4-5,7-8,10H,2-3,6H2,1H3,(H,17,18). The summed E-state index contributed by atoms with van der Waals surface area (Å²) < 4.78 is 5.03. The first-order valence-corrected chi connectivity index (χ1v) is 6.51. The molecular formula is C14H15ClO4. The average molecular weight is 283 g/mol. The molecule has 1 fully saturated rings. The van der Waals surface area contributed by atoms with Crippen LogP contribution in [0.4, 0.5) is 0 Å². The van der Waals surface area contributed by atoms with Gasteiger partial charge in [-0.1, -0.05) is 11.6 Å². The first-order valence-electron chi connectivity index (χ1n) is 6.13. The molecule has 19 heavy (non-hydrogen) atoms. The van der Waals surface area contributed by atoms with Gasteiger partial charge < -0.3 is 9.84 Å². The van der Waals surface area contributed by atoms with Crippen molar-refractivity contribution in [2.45, 2.75) is 19.3 Å². The topological polar surface area (TPSA) is 63.6 Å². The molecule has 1 aliphatic carbocycles. The van der Waals surface area contributed by atoms with Crippen LogP contribution < -0.4 is 4.74 Å². The van der Waals surface area contributed by atoms with Gasteiger partial charge in [0.05, 0.1) is 18.1 Å². The minimum absolute atomic E-state index is 0.0340. The number of halogens is 1. The predicted molar refractivity (Wildman–Crippen MR) is 70.8 cm³/mol. The molecule has 0 heterocycles. The molecule has 1 aromatic carbocycles. The number of hydrogen-bond acceptors (Lipinski definition) is 3. The quantitative estimate of drug-likeness (QED) is 0.862. The molecule has 102 valence electrons. The maximum absolute atomic E-state index is 12.3. The van der Waals surface area contributed by atoms with Crippen LogP contribution in [-0.2, 0) is 4.79 Å². The smallest absolute Gasteiger partial charge is 0.306 e. The van der Waals surface area contributed by atoms with E-state index in [0.717, 1.165) is 0 Å². The summed E-state index contributed by atoms with van der Waals surface area (Å²) in [5.74, 6) is -0.947. The third-order valence-electron chi connectivity index (χ3n) is 3.59. The van der Waals surface area contributed by atoms with Gasteiger partial charge in [-0.25, -0.2) is 0 Å². The van der Waals surface area contributed by atoms with Crippen molar-refractivity contribution in [2.75, 3.05) is 7.11 Å². The van der Waals surface area contributed by atoms with Gasteiger partial charge >= 0.3 is 5.97 Å². The largest absolute Gasteiger partial charge is 0.495 e. The molecule has 0 aromatic heterocycles. The molecule has 2 rings (SSSR count). The molecule has 0 bridgehead atoms. The summed E-state index contributed by atoms with van der Waals surface area (Å²) >= 11 is 5.99. The van der Waals surface area contributed by atoms with Gasteiger partial charge in [-0.05, 0) is 37.5 Å². The molecule has 1 saturated carbocycles. The van der Waals surface area contributed by atoms with E-state index in [-0.39, 0.29) is 11.7 Å². The minimum Gasteiger partial charge on any atom is -0.495 e. The monoisotopic (exact) mass is 282 g/mol. The van der Waals surface area contributed by atoms with Crippen molar-refractivity contribution in [3.8, 4) is 5.75 Å². The molecule has 0 aliphatic heterocycles. The van der Waals surface area contributed by atoms with Gasteiger partial charge in [0.15, 0.2) is 5.78 Å². The number of rotatable bonds is 4. The molecule has 0 saturated heterocycles. The molecule has 0 amide bonds. The number of benzene rings is 1. The number of Topliss-reactive ketones (excluding diaryl/α,β-unsaturated/α-hetero) is 1. The average Bonchev–Trinajstić information content (AvgIpc) is 2.87. The van der Waals surface area contributed by atoms with Gasteiger partial charge in [0.2, 0.25) is 0 Å². The number of hydrogen-bond donors (Lipinski definition) is 1. The highest BCUT2D eigenvalue weighted by atomic mass is 35.5. The highest BCUT2D eigenvalue weighted by Gasteiger charge is 2.34. The third-order valence-corrected chi connectivity index (χ3v) is 3.88. The Hall–Kier alpha value is -1.55. The lowest BCUT2D eigenvalue weighted by molar-refractivity contribution is -0.141. The number of carbonyl (C=O) groups excluding carboxylic acids is 1. The van der Waals surface area contributed by atoms with E-state index < -0.39 is 11.9 Å². The van der Waals surface area contributed by atoms with Crippen LogP contribution in [0.1, 0.15) is 29.6 Å². The van der Waals surface area contributed by atoms with Crippen LogP contribution >= 0.6 is 11.6 Å². The first kappa shape index (κ1) is 13.9. The first-order chi connectivity index (χ1) is 9.02. The maximum Gasteiger partial charge on any atom is 0.306 e.